The van der Waals surface area contributed by atoms with Crippen molar-refractivity contribution >= 4 is 34.3 Å². The van der Waals surface area contributed by atoms with Crippen LogP contribution < -0.4 is 0 Å². The number of carbonyl (C=O) groups is 1. The van der Waals surface area contributed by atoms with Gasteiger partial charge in [-0.2, -0.15) is 0 Å². The molecule has 0 amide bonds. The molecule has 4 nitrogen and oxygen atoms in total. The number of nitrogens with zero attached hydrogens (tertiary/aromatic N) is 1. The lowest BCUT2D eigenvalue weighted by molar-refractivity contribution is -0.145. The third-order valence-electron chi connectivity index (χ3n) is 2.39. The van der Waals surface area contributed by atoms with E-state index in [1.165, 1.54) is 11.8 Å². The number of hydrogen-bond donors (Lipinski definition) is 1. The number of ether oxygens (including phenoxy) is 1. The Bertz CT molecular complexity index is 278. The average molecular weight is 293 g/mol. The van der Waals surface area contributed by atoms with Gasteiger partial charge in [0.15, 0.2) is 0 Å². The van der Waals surface area contributed by atoms with Gasteiger partial charge < -0.3 is 14.7 Å². The number of esters is 1. The molecule has 0 fully saturated rings. The van der Waals surface area contributed by atoms with E-state index < -0.39 is 4.75 Å². The molecule has 0 rings (SSSR count). The molecule has 106 valence electrons. The lowest BCUT2D eigenvalue weighted by Crippen LogP contribution is -2.36. The zero-order valence-electron chi connectivity index (χ0n) is 11.6. The molecule has 0 saturated heterocycles. The maximum Gasteiger partial charge on any atom is 0.322 e. The van der Waals surface area contributed by atoms with Gasteiger partial charge in [0.05, 0.1) is 6.61 Å². The molecule has 6 heteroatoms. The van der Waals surface area contributed by atoms with Crippen molar-refractivity contribution < 1.29 is 14.6 Å². The Labute approximate surface area is 119 Å². The Morgan fingerprint density at radius 2 is 1.94 bits per heavy atom. The normalized spacial score (nSPS) is 11.2. The second-order valence-electron chi connectivity index (χ2n) is 4.26. The molecular formula is C12H23NO3S2. The van der Waals surface area contributed by atoms with Gasteiger partial charge in [0, 0.05) is 26.1 Å². The Morgan fingerprint density at radius 3 is 2.39 bits per heavy atom. The predicted octanol–water partition coefficient (Wildman–Crippen LogP) is 2.05. The molecule has 0 aliphatic carbocycles. The van der Waals surface area contributed by atoms with Crippen molar-refractivity contribution in [3.63, 3.8) is 0 Å². The van der Waals surface area contributed by atoms with Crippen molar-refractivity contribution in [2.75, 3.05) is 26.3 Å². The fourth-order valence-electron chi connectivity index (χ4n) is 1.21. The summed E-state index contributed by atoms with van der Waals surface area (Å²) in [7, 11) is 0. The lowest BCUT2D eigenvalue weighted by Gasteiger charge is -2.27. The lowest BCUT2D eigenvalue weighted by atomic mass is 10.2. The Kier molecular flexibility index (Phi) is 8.56. The van der Waals surface area contributed by atoms with Gasteiger partial charge in [-0.05, 0) is 27.7 Å². The second-order valence-corrected chi connectivity index (χ2v) is 6.52. The van der Waals surface area contributed by atoms with Crippen LogP contribution in [-0.4, -0.2) is 51.3 Å². The van der Waals surface area contributed by atoms with Gasteiger partial charge >= 0.3 is 5.97 Å². The van der Waals surface area contributed by atoms with E-state index in [0.29, 0.717) is 10.7 Å². The van der Waals surface area contributed by atoms with Crippen LogP contribution in [-0.2, 0) is 9.53 Å². The van der Waals surface area contributed by atoms with Crippen molar-refractivity contribution in [2.24, 2.45) is 0 Å². The number of hydrogen-bond acceptors (Lipinski definition) is 5. The molecule has 0 spiro atoms. The van der Waals surface area contributed by atoms with Gasteiger partial charge in [0.2, 0.25) is 0 Å². The van der Waals surface area contributed by atoms with Crippen LogP contribution >= 0.6 is 24.0 Å². The van der Waals surface area contributed by atoms with E-state index >= 15 is 0 Å². The van der Waals surface area contributed by atoms with Crippen LogP contribution in [0, 0.1) is 0 Å². The standard InChI is InChI=1S/C12H23NO3S2/c1-5-13(6-2)11(17)18-12(3,4)10(15)16-9-7-8-14/h14H,5-9H2,1-4H3. The van der Waals surface area contributed by atoms with E-state index in [0.717, 1.165) is 13.1 Å². The summed E-state index contributed by atoms with van der Waals surface area (Å²) in [6.07, 6.45) is 0.465. The van der Waals surface area contributed by atoms with Gasteiger partial charge in [-0.25, -0.2) is 0 Å². The Balaban J connectivity index is 4.35. The number of aliphatic hydroxyl groups is 1. The van der Waals surface area contributed by atoms with Crippen LogP contribution in [0.15, 0.2) is 0 Å². The summed E-state index contributed by atoms with van der Waals surface area (Å²) in [6.45, 7) is 9.60. The first-order chi connectivity index (χ1) is 8.38. The van der Waals surface area contributed by atoms with Gasteiger partial charge in [-0.3, -0.25) is 4.79 Å². The van der Waals surface area contributed by atoms with Crippen molar-refractivity contribution in [1.29, 1.82) is 0 Å². The summed E-state index contributed by atoms with van der Waals surface area (Å²) in [5.41, 5.74) is 0. The van der Waals surface area contributed by atoms with Crippen molar-refractivity contribution in [2.45, 2.75) is 38.9 Å². The first kappa shape index (κ1) is 17.7. The number of rotatable bonds is 7. The number of thioether (sulfide) groups is 1. The van der Waals surface area contributed by atoms with Crippen LogP contribution in [0.25, 0.3) is 0 Å². The molecule has 0 aliphatic rings. The van der Waals surface area contributed by atoms with E-state index in [1.807, 2.05) is 18.7 Å². The number of aliphatic hydroxyl groups excluding tert-OH is 1. The molecule has 0 unspecified atom stereocenters. The highest BCUT2D eigenvalue weighted by atomic mass is 32.2. The smallest absolute Gasteiger partial charge is 0.322 e. The van der Waals surface area contributed by atoms with E-state index in [9.17, 15) is 4.79 Å². The maximum atomic E-state index is 11.9. The average Bonchev–Trinajstić information content (AvgIpc) is 2.30. The minimum absolute atomic E-state index is 0.0265. The zero-order valence-corrected chi connectivity index (χ0v) is 13.2. The zero-order chi connectivity index (χ0) is 14.2. The molecular weight excluding hydrogens is 270 g/mol. The third-order valence-corrected chi connectivity index (χ3v) is 4.01. The summed E-state index contributed by atoms with van der Waals surface area (Å²) >= 11 is 6.66. The second kappa shape index (κ2) is 8.72. The number of carbonyl (C=O) groups excluding carboxylic acids is 1. The minimum Gasteiger partial charge on any atom is -0.465 e. The summed E-state index contributed by atoms with van der Waals surface area (Å²) in [4.78, 5) is 13.9. The van der Waals surface area contributed by atoms with Crippen LogP contribution in [0.4, 0.5) is 0 Å². The van der Waals surface area contributed by atoms with Crippen LogP contribution in [0.2, 0.25) is 0 Å². The van der Waals surface area contributed by atoms with Crippen molar-refractivity contribution in [1.82, 2.24) is 4.90 Å². The molecule has 0 aromatic rings. The Hall–Kier alpha value is -0.330. The molecule has 0 atom stereocenters. The summed E-state index contributed by atoms with van der Waals surface area (Å²) < 4.78 is 5.11. The fraction of sp³-hybridized carbons (Fsp3) is 0.833. The number of thiocarbonyl (C=S) groups is 1. The molecule has 1 N–H and O–H groups in total. The molecule has 0 bridgehead atoms. The minimum atomic E-state index is -0.699. The first-order valence-corrected chi connectivity index (χ1v) is 7.37. The van der Waals surface area contributed by atoms with Gasteiger partial charge in [0.1, 0.15) is 9.07 Å². The molecule has 0 aliphatic heterocycles. The van der Waals surface area contributed by atoms with Gasteiger partial charge in [0.25, 0.3) is 0 Å². The van der Waals surface area contributed by atoms with Crippen LogP contribution in [0.1, 0.15) is 34.1 Å². The van der Waals surface area contributed by atoms with Crippen molar-refractivity contribution in [3.8, 4) is 0 Å². The van der Waals surface area contributed by atoms with Gasteiger partial charge in [-0.1, -0.05) is 24.0 Å². The van der Waals surface area contributed by atoms with Gasteiger partial charge in [-0.15, -0.1) is 0 Å². The molecule has 18 heavy (non-hydrogen) atoms. The van der Waals surface area contributed by atoms with Crippen LogP contribution in [0.5, 0.6) is 0 Å². The highest BCUT2D eigenvalue weighted by Crippen LogP contribution is 2.28. The molecule has 0 aromatic heterocycles. The highest BCUT2D eigenvalue weighted by molar-refractivity contribution is 8.24. The molecule has 0 saturated carbocycles. The first-order valence-electron chi connectivity index (χ1n) is 6.15. The molecule has 0 radical (unpaired) electrons. The summed E-state index contributed by atoms with van der Waals surface area (Å²) in [5.74, 6) is -0.296. The highest BCUT2D eigenvalue weighted by Gasteiger charge is 2.32. The van der Waals surface area contributed by atoms with Crippen molar-refractivity contribution in [3.05, 3.63) is 0 Å². The SMILES string of the molecule is CCN(CC)C(=S)SC(C)(C)C(=O)OCCCO. The largest absolute Gasteiger partial charge is 0.465 e. The topological polar surface area (TPSA) is 49.8 Å². The third kappa shape index (κ3) is 6.02. The quantitative estimate of drug-likeness (QED) is 0.440. The van der Waals surface area contributed by atoms with E-state index in [-0.39, 0.29) is 19.2 Å². The monoisotopic (exact) mass is 293 g/mol. The van der Waals surface area contributed by atoms with E-state index in [2.05, 4.69) is 0 Å². The molecule has 0 heterocycles. The summed E-state index contributed by atoms with van der Waals surface area (Å²) in [6, 6.07) is 0. The maximum absolute atomic E-state index is 11.9. The van der Waals surface area contributed by atoms with E-state index in [1.54, 1.807) is 13.8 Å². The van der Waals surface area contributed by atoms with E-state index in [4.69, 9.17) is 22.1 Å². The molecule has 0 aromatic carbocycles. The van der Waals surface area contributed by atoms with Crippen LogP contribution in [0.3, 0.4) is 0 Å². The summed E-state index contributed by atoms with van der Waals surface area (Å²) in [5, 5.41) is 8.64. The fourth-order valence-corrected chi connectivity index (χ4v) is 3.06. The Morgan fingerprint density at radius 1 is 1.39 bits per heavy atom. The predicted molar refractivity (Wildman–Crippen MR) is 79.9 cm³/mol.